The highest BCUT2D eigenvalue weighted by atomic mass is 16.5. The van der Waals surface area contributed by atoms with E-state index in [2.05, 4.69) is 20.0 Å². The molecular formula is C26H27N5O7. The van der Waals surface area contributed by atoms with Crippen LogP contribution in [0.15, 0.2) is 57.8 Å². The van der Waals surface area contributed by atoms with Gasteiger partial charge in [-0.05, 0) is 61.7 Å². The Bertz CT molecular complexity index is 1380. The van der Waals surface area contributed by atoms with Gasteiger partial charge in [0, 0.05) is 42.1 Å². The number of carbonyl (C=O) groups is 3. The van der Waals surface area contributed by atoms with Gasteiger partial charge < -0.3 is 25.0 Å². The van der Waals surface area contributed by atoms with Crippen molar-refractivity contribution in [1.82, 2.24) is 15.0 Å². The summed E-state index contributed by atoms with van der Waals surface area (Å²) >= 11 is 0. The zero-order valence-electron chi connectivity index (χ0n) is 20.5. The van der Waals surface area contributed by atoms with Gasteiger partial charge in [0.1, 0.15) is 0 Å². The Hall–Kier alpha value is -4.29. The lowest BCUT2D eigenvalue weighted by molar-refractivity contribution is -0.150. The van der Waals surface area contributed by atoms with Gasteiger partial charge in [-0.3, -0.25) is 23.9 Å². The summed E-state index contributed by atoms with van der Waals surface area (Å²) in [6, 6.07) is 13.1. The minimum atomic E-state index is -1.77. The van der Waals surface area contributed by atoms with E-state index in [0.29, 0.717) is 35.6 Å². The maximum absolute atomic E-state index is 13.2. The van der Waals surface area contributed by atoms with Crippen molar-refractivity contribution in [1.29, 1.82) is 0 Å². The Morgan fingerprint density at radius 2 is 1.82 bits per heavy atom. The Balaban J connectivity index is 1.25. The molecule has 2 aliphatic rings. The molecule has 0 unspecified atom stereocenters. The molecule has 0 spiro atoms. The van der Waals surface area contributed by atoms with Crippen molar-refractivity contribution < 1.29 is 28.8 Å². The van der Waals surface area contributed by atoms with Crippen molar-refractivity contribution in [3.05, 3.63) is 64.6 Å². The molecule has 5 rings (SSSR count). The van der Waals surface area contributed by atoms with E-state index in [4.69, 9.17) is 4.74 Å². The lowest BCUT2D eigenvalue weighted by Crippen LogP contribution is -2.55. The van der Waals surface area contributed by atoms with Crippen LogP contribution in [0.1, 0.15) is 29.6 Å². The van der Waals surface area contributed by atoms with E-state index >= 15 is 0 Å². The second-order valence-corrected chi connectivity index (χ2v) is 9.14. The Kier molecular flexibility index (Phi) is 7.33. The molecule has 2 saturated heterocycles. The molecule has 198 valence electrons. The fourth-order valence-corrected chi connectivity index (χ4v) is 4.59. The molecule has 3 amide bonds. The van der Waals surface area contributed by atoms with Crippen molar-refractivity contribution in [2.24, 2.45) is 0 Å². The quantitative estimate of drug-likeness (QED) is 0.439. The number of rotatable bonds is 6. The summed E-state index contributed by atoms with van der Waals surface area (Å²) < 4.78 is 9.96. The van der Waals surface area contributed by atoms with Gasteiger partial charge in [-0.15, -0.1) is 0 Å². The van der Waals surface area contributed by atoms with Crippen LogP contribution < -0.4 is 16.0 Å². The first-order valence-corrected chi connectivity index (χ1v) is 12.4. The summed E-state index contributed by atoms with van der Waals surface area (Å²) in [4.78, 5) is 55.7. The van der Waals surface area contributed by atoms with Crippen LogP contribution >= 0.6 is 0 Å². The molecule has 12 nitrogen and oxygen atoms in total. The Labute approximate surface area is 217 Å². The first kappa shape index (κ1) is 25.4. The number of aliphatic hydroxyl groups is 1. The molecule has 2 aliphatic heterocycles. The first-order chi connectivity index (χ1) is 18.4. The van der Waals surface area contributed by atoms with E-state index in [-0.39, 0.29) is 24.9 Å². The minimum absolute atomic E-state index is 0.0795. The number of nitrogens with one attached hydrogen (secondary N) is 2. The number of aromatic amines is 1. The number of aliphatic hydroxyl groups excluding tert-OH is 1. The number of likely N-dealkylation sites (tertiary alicyclic amines) is 1. The topological polar surface area (TPSA) is 158 Å². The second kappa shape index (κ2) is 11.0. The number of H-pyrrole nitrogens is 1. The standard InChI is InChI=1S/C26H27N5O7/c32-20(23(33)27-18-9-7-16(8-10-18)22-28-26(36)38-29-22)21-25(35)31(13-14-37-21)19-6-4-5-17(15-19)24(34)30-11-2-1-3-12-30/h4-10,15,20-21,32H,1-3,11-14H2,(H,27,33)(H,28,29,36)/t20-,21-/m1/s1. The smallest absolute Gasteiger partial charge is 0.380 e. The van der Waals surface area contributed by atoms with Crippen molar-refractivity contribution in [3.8, 4) is 11.4 Å². The lowest BCUT2D eigenvalue weighted by Gasteiger charge is -2.34. The van der Waals surface area contributed by atoms with Gasteiger partial charge >= 0.3 is 5.76 Å². The molecule has 1 aromatic heterocycles. The Morgan fingerprint density at radius 1 is 1.05 bits per heavy atom. The molecule has 0 saturated carbocycles. The van der Waals surface area contributed by atoms with Crippen LogP contribution in [0.25, 0.3) is 11.4 Å². The maximum Gasteiger partial charge on any atom is 0.439 e. The average Bonchev–Trinajstić information content (AvgIpc) is 3.39. The van der Waals surface area contributed by atoms with Gasteiger partial charge in [-0.25, -0.2) is 4.79 Å². The van der Waals surface area contributed by atoms with Crippen LogP contribution in [0.4, 0.5) is 11.4 Å². The summed E-state index contributed by atoms with van der Waals surface area (Å²) in [5.74, 6) is -1.93. The molecular weight excluding hydrogens is 494 g/mol. The number of benzene rings is 2. The van der Waals surface area contributed by atoms with E-state index in [1.807, 2.05) is 4.90 Å². The summed E-state index contributed by atoms with van der Waals surface area (Å²) in [6.45, 7) is 1.75. The number of morpholine rings is 1. The van der Waals surface area contributed by atoms with Gasteiger partial charge in [0.05, 0.1) is 6.61 Å². The van der Waals surface area contributed by atoms with Crippen LogP contribution in [-0.2, 0) is 14.3 Å². The van der Waals surface area contributed by atoms with E-state index in [0.717, 1.165) is 19.3 Å². The number of nitrogens with zero attached hydrogens (tertiary/aromatic N) is 3. The van der Waals surface area contributed by atoms with E-state index < -0.39 is 29.8 Å². The SMILES string of the molecule is O=C(Nc1ccc(-c2noc(=O)[nH]2)cc1)[C@H](O)[C@H]1OCCN(c2cccc(C(=O)N3CCCCC3)c2)C1=O. The van der Waals surface area contributed by atoms with Crippen molar-refractivity contribution in [2.75, 3.05) is 36.5 Å². The van der Waals surface area contributed by atoms with Gasteiger partial charge in [-0.2, -0.15) is 0 Å². The van der Waals surface area contributed by atoms with Crippen molar-refractivity contribution in [3.63, 3.8) is 0 Å². The second-order valence-electron chi connectivity index (χ2n) is 9.14. The van der Waals surface area contributed by atoms with Crippen molar-refractivity contribution in [2.45, 2.75) is 31.5 Å². The zero-order valence-corrected chi connectivity index (χ0v) is 20.5. The summed E-state index contributed by atoms with van der Waals surface area (Å²) in [6.07, 6.45) is -0.123. The number of aromatic nitrogens is 2. The van der Waals surface area contributed by atoms with Crippen LogP contribution in [0, 0.1) is 0 Å². The fourth-order valence-electron chi connectivity index (χ4n) is 4.59. The zero-order chi connectivity index (χ0) is 26.6. The summed E-state index contributed by atoms with van der Waals surface area (Å²) in [5.41, 5.74) is 1.89. The highest BCUT2D eigenvalue weighted by molar-refractivity contribution is 6.04. The predicted octanol–water partition coefficient (Wildman–Crippen LogP) is 1.39. The molecule has 3 heterocycles. The average molecular weight is 522 g/mol. The third-order valence-electron chi connectivity index (χ3n) is 6.59. The van der Waals surface area contributed by atoms with Crippen LogP contribution in [0.5, 0.6) is 0 Å². The maximum atomic E-state index is 13.2. The fraction of sp³-hybridized carbons (Fsp3) is 0.346. The van der Waals surface area contributed by atoms with Gasteiger partial charge in [0.2, 0.25) is 0 Å². The number of anilines is 2. The van der Waals surface area contributed by atoms with Crippen molar-refractivity contribution >= 4 is 29.1 Å². The van der Waals surface area contributed by atoms with E-state index in [1.54, 1.807) is 48.5 Å². The first-order valence-electron chi connectivity index (χ1n) is 12.4. The van der Waals surface area contributed by atoms with Gasteiger partial charge in [0.25, 0.3) is 17.7 Å². The number of hydrogen-bond acceptors (Lipinski definition) is 8. The van der Waals surface area contributed by atoms with E-state index in [9.17, 15) is 24.3 Å². The van der Waals surface area contributed by atoms with Gasteiger partial charge in [0.15, 0.2) is 18.0 Å². The largest absolute Gasteiger partial charge is 0.439 e. The Morgan fingerprint density at radius 3 is 2.53 bits per heavy atom. The molecule has 3 N–H and O–H groups in total. The molecule has 38 heavy (non-hydrogen) atoms. The van der Waals surface area contributed by atoms with Gasteiger partial charge in [-0.1, -0.05) is 11.2 Å². The molecule has 0 aliphatic carbocycles. The molecule has 0 radical (unpaired) electrons. The number of ether oxygens (including phenoxy) is 1. The van der Waals surface area contributed by atoms with E-state index in [1.165, 1.54) is 4.90 Å². The van der Waals surface area contributed by atoms with Crippen LogP contribution in [-0.4, -0.2) is 76.3 Å². The summed E-state index contributed by atoms with van der Waals surface area (Å²) in [5, 5.41) is 16.8. The predicted molar refractivity (Wildman–Crippen MR) is 135 cm³/mol. The monoisotopic (exact) mass is 521 g/mol. The highest BCUT2D eigenvalue weighted by Gasteiger charge is 2.39. The minimum Gasteiger partial charge on any atom is -0.380 e. The molecule has 0 bridgehead atoms. The third-order valence-corrected chi connectivity index (χ3v) is 6.59. The number of carbonyl (C=O) groups excluding carboxylic acids is 3. The summed E-state index contributed by atoms with van der Waals surface area (Å²) in [7, 11) is 0. The van der Waals surface area contributed by atoms with Crippen LogP contribution in [0.2, 0.25) is 0 Å². The molecule has 12 heteroatoms. The molecule has 2 atom stereocenters. The molecule has 2 aromatic carbocycles. The number of piperidine rings is 1. The third kappa shape index (κ3) is 5.36. The normalized spacial score (nSPS) is 18.8. The molecule has 2 fully saturated rings. The lowest BCUT2D eigenvalue weighted by atomic mass is 10.1. The molecule has 3 aromatic rings. The number of amides is 3. The van der Waals surface area contributed by atoms with Crippen LogP contribution in [0.3, 0.4) is 0 Å². The highest BCUT2D eigenvalue weighted by Crippen LogP contribution is 2.24. The number of hydrogen-bond donors (Lipinski definition) is 3.